The maximum atomic E-state index is 10.5. The van der Waals surface area contributed by atoms with Crippen LogP contribution in [-0.2, 0) is 0 Å². The predicted octanol–water partition coefficient (Wildman–Crippen LogP) is 2.59. The molecule has 1 aromatic carbocycles. The number of benzene rings is 1. The molecule has 1 rings (SSSR count). The smallest absolute Gasteiger partial charge is 0.269 e. The molecule has 0 aromatic heterocycles. The standard InChI is InChI=1S/C11H13NO3/c1-2-3-7-11(13)9-5-4-6-10(8-9)12(14)15/h3-8,11,13H,2H2,1H3. The number of hydrogen-bond donors (Lipinski definition) is 1. The maximum absolute atomic E-state index is 10.5. The van der Waals surface area contributed by atoms with Crippen molar-refractivity contribution in [3.05, 3.63) is 52.1 Å². The molecule has 1 unspecified atom stereocenters. The third-order valence-electron chi connectivity index (χ3n) is 1.98. The lowest BCUT2D eigenvalue weighted by Crippen LogP contribution is -1.95. The highest BCUT2D eigenvalue weighted by atomic mass is 16.6. The molecule has 1 N–H and O–H groups in total. The minimum absolute atomic E-state index is 0.00329. The Morgan fingerprint density at radius 2 is 2.33 bits per heavy atom. The van der Waals surface area contributed by atoms with Gasteiger partial charge in [-0.15, -0.1) is 0 Å². The van der Waals surface area contributed by atoms with E-state index in [1.165, 1.54) is 12.1 Å². The molecule has 4 nitrogen and oxygen atoms in total. The molecule has 1 atom stereocenters. The summed E-state index contributed by atoms with van der Waals surface area (Å²) < 4.78 is 0. The summed E-state index contributed by atoms with van der Waals surface area (Å²) in [4.78, 5) is 10.0. The van der Waals surface area contributed by atoms with Gasteiger partial charge in [0, 0.05) is 12.1 Å². The summed E-state index contributed by atoms with van der Waals surface area (Å²) in [7, 11) is 0. The molecule has 0 spiro atoms. The molecule has 0 aliphatic heterocycles. The van der Waals surface area contributed by atoms with Gasteiger partial charge < -0.3 is 5.11 Å². The van der Waals surface area contributed by atoms with Crippen molar-refractivity contribution in [1.82, 2.24) is 0 Å². The van der Waals surface area contributed by atoms with E-state index in [0.717, 1.165) is 6.42 Å². The molecule has 0 heterocycles. The molecule has 4 heteroatoms. The Labute approximate surface area is 88.0 Å². The van der Waals surface area contributed by atoms with Crippen LogP contribution in [0.5, 0.6) is 0 Å². The number of aliphatic hydroxyl groups excluding tert-OH is 1. The van der Waals surface area contributed by atoms with Gasteiger partial charge in [-0.25, -0.2) is 0 Å². The number of nitro benzene ring substituents is 1. The normalized spacial score (nSPS) is 12.9. The Morgan fingerprint density at radius 1 is 1.60 bits per heavy atom. The summed E-state index contributed by atoms with van der Waals surface area (Å²) in [6.45, 7) is 1.96. The molecule has 0 fully saturated rings. The lowest BCUT2D eigenvalue weighted by Gasteiger charge is -2.04. The molecule has 1 aromatic rings. The van der Waals surface area contributed by atoms with Gasteiger partial charge in [-0.1, -0.05) is 31.2 Å². The highest BCUT2D eigenvalue weighted by Crippen LogP contribution is 2.19. The highest BCUT2D eigenvalue weighted by Gasteiger charge is 2.09. The third-order valence-corrected chi connectivity index (χ3v) is 1.98. The number of nitrogens with zero attached hydrogens (tertiary/aromatic N) is 1. The number of non-ortho nitro benzene ring substituents is 1. The molecular formula is C11H13NO3. The van der Waals surface area contributed by atoms with Gasteiger partial charge in [0.1, 0.15) is 0 Å². The Kier molecular flexibility index (Phi) is 4.00. The Balaban J connectivity index is 2.90. The Morgan fingerprint density at radius 3 is 2.93 bits per heavy atom. The molecule has 0 saturated carbocycles. The van der Waals surface area contributed by atoms with Crippen LogP contribution in [0.3, 0.4) is 0 Å². The van der Waals surface area contributed by atoms with E-state index >= 15 is 0 Å². The van der Waals surface area contributed by atoms with Crippen LogP contribution < -0.4 is 0 Å². The first-order chi connectivity index (χ1) is 7.15. The van der Waals surface area contributed by atoms with Crippen molar-refractivity contribution in [2.24, 2.45) is 0 Å². The first-order valence-corrected chi connectivity index (χ1v) is 4.74. The van der Waals surface area contributed by atoms with Crippen LogP contribution in [0, 0.1) is 10.1 Å². The number of aliphatic hydroxyl groups is 1. The summed E-state index contributed by atoms with van der Waals surface area (Å²) in [5.41, 5.74) is 0.533. The fourth-order valence-electron chi connectivity index (χ4n) is 1.20. The van der Waals surface area contributed by atoms with Gasteiger partial charge in [-0.3, -0.25) is 10.1 Å². The topological polar surface area (TPSA) is 63.4 Å². The third kappa shape index (κ3) is 3.18. The fraction of sp³-hybridized carbons (Fsp3) is 0.273. The average molecular weight is 207 g/mol. The molecule has 80 valence electrons. The Hall–Kier alpha value is -1.68. The highest BCUT2D eigenvalue weighted by molar-refractivity contribution is 5.36. The van der Waals surface area contributed by atoms with Crippen molar-refractivity contribution < 1.29 is 10.0 Å². The van der Waals surface area contributed by atoms with Gasteiger partial charge in [-0.2, -0.15) is 0 Å². The van der Waals surface area contributed by atoms with Crippen LogP contribution >= 0.6 is 0 Å². The first kappa shape index (κ1) is 11.4. The summed E-state index contributed by atoms with van der Waals surface area (Å²) in [6.07, 6.45) is 3.50. The number of rotatable bonds is 4. The van der Waals surface area contributed by atoms with Crippen molar-refractivity contribution in [1.29, 1.82) is 0 Å². The van der Waals surface area contributed by atoms with Gasteiger partial charge in [0.25, 0.3) is 5.69 Å². The number of nitro groups is 1. The van der Waals surface area contributed by atoms with Crippen LogP contribution in [0.25, 0.3) is 0 Å². The zero-order chi connectivity index (χ0) is 11.3. The second kappa shape index (κ2) is 5.26. The van der Waals surface area contributed by atoms with E-state index in [9.17, 15) is 15.2 Å². The van der Waals surface area contributed by atoms with Gasteiger partial charge in [0.2, 0.25) is 0 Å². The summed E-state index contributed by atoms with van der Waals surface area (Å²) in [5, 5.41) is 20.1. The Bertz CT molecular complexity index is 374. The zero-order valence-electron chi connectivity index (χ0n) is 8.46. The minimum Gasteiger partial charge on any atom is -0.384 e. The second-order valence-corrected chi connectivity index (χ2v) is 3.13. The van der Waals surface area contributed by atoms with Gasteiger partial charge in [0.15, 0.2) is 0 Å². The van der Waals surface area contributed by atoms with Crippen molar-refractivity contribution in [3.8, 4) is 0 Å². The van der Waals surface area contributed by atoms with E-state index in [0.29, 0.717) is 5.56 Å². The molecule has 0 saturated heterocycles. The largest absolute Gasteiger partial charge is 0.384 e. The fourth-order valence-corrected chi connectivity index (χ4v) is 1.20. The predicted molar refractivity (Wildman–Crippen MR) is 57.5 cm³/mol. The molecule has 0 aliphatic rings. The van der Waals surface area contributed by atoms with E-state index in [1.807, 2.05) is 13.0 Å². The molecule has 0 amide bonds. The van der Waals surface area contributed by atoms with E-state index in [-0.39, 0.29) is 5.69 Å². The van der Waals surface area contributed by atoms with E-state index < -0.39 is 11.0 Å². The SMILES string of the molecule is CCC=CC(O)c1cccc([N+](=O)[O-])c1. The lowest BCUT2D eigenvalue weighted by atomic mass is 10.1. The zero-order valence-corrected chi connectivity index (χ0v) is 8.46. The van der Waals surface area contributed by atoms with Gasteiger partial charge in [0.05, 0.1) is 11.0 Å². The van der Waals surface area contributed by atoms with Crippen LogP contribution in [0.15, 0.2) is 36.4 Å². The van der Waals surface area contributed by atoms with Crippen molar-refractivity contribution in [3.63, 3.8) is 0 Å². The van der Waals surface area contributed by atoms with Gasteiger partial charge >= 0.3 is 0 Å². The van der Waals surface area contributed by atoms with Crippen LogP contribution in [0.4, 0.5) is 5.69 Å². The van der Waals surface area contributed by atoms with Crippen molar-refractivity contribution in [2.75, 3.05) is 0 Å². The van der Waals surface area contributed by atoms with Crippen LogP contribution in [-0.4, -0.2) is 10.0 Å². The first-order valence-electron chi connectivity index (χ1n) is 4.74. The van der Waals surface area contributed by atoms with E-state index in [2.05, 4.69) is 0 Å². The van der Waals surface area contributed by atoms with Crippen molar-refractivity contribution in [2.45, 2.75) is 19.4 Å². The minimum atomic E-state index is -0.773. The summed E-state index contributed by atoms with van der Waals surface area (Å²) >= 11 is 0. The molecule has 0 radical (unpaired) electrons. The summed E-state index contributed by atoms with van der Waals surface area (Å²) in [5.74, 6) is 0. The second-order valence-electron chi connectivity index (χ2n) is 3.13. The van der Waals surface area contributed by atoms with Crippen molar-refractivity contribution >= 4 is 5.69 Å². The molecular weight excluding hydrogens is 194 g/mol. The van der Waals surface area contributed by atoms with Gasteiger partial charge in [-0.05, 0) is 12.0 Å². The van der Waals surface area contributed by atoms with Crippen LogP contribution in [0.1, 0.15) is 25.0 Å². The van der Waals surface area contributed by atoms with Crippen LogP contribution in [0.2, 0.25) is 0 Å². The maximum Gasteiger partial charge on any atom is 0.269 e. The number of allylic oxidation sites excluding steroid dienone is 1. The number of hydrogen-bond acceptors (Lipinski definition) is 3. The molecule has 15 heavy (non-hydrogen) atoms. The molecule has 0 aliphatic carbocycles. The quantitative estimate of drug-likeness (QED) is 0.469. The lowest BCUT2D eigenvalue weighted by molar-refractivity contribution is -0.385. The average Bonchev–Trinajstić information content (AvgIpc) is 2.26. The summed E-state index contributed by atoms with van der Waals surface area (Å²) in [6, 6.07) is 6.01. The van der Waals surface area contributed by atoms with E-state index in [4.69, 9.17) is 0 Å². The molecule has 0 bridgehead atoms. The monoisotopic (exact) mass is 207 g/mol. The van der Waals surface area contributed by atoms with E-state index in [1.54, 1.807) is 18.2 Å².